The van der Waals surface area contributed by atoms with Gasteiger partial charge in [-0.3, -0.25) is 0 Å². The highest BCUT2D eigenvalue weighted by Crippen LogP contribution is 2.44. The van der Waals surface area contributed by atoms with Crippen LogP contribution in [0.2, 0.25) is 5.02 Å². The van der Waals surface area contributed by atoms with Crippen molar-refractivity contribution in [1.82, 2.24) is 0 Å². The third kappa shape index (κ3) is 1.70. The molecule has 0 radical (unpaired) electrons. The molecule has 2 N–H and O–H groups in total. The molecule has 104 valence electrons. The number of benzene rings is 1. The van der Waals surface area contributed by atoms with Gasteiger partial charge in [0.1, 0.15) is 17.1 Å². The fourth-order valence-corrected chi connectivity index (χ4v) is 3.19. The summed E-state index contributed by atoms with van der Waals surface area (Å²) in [5.74, 6) is 1.71. The van der Waals surface area contributed by atoms with Crippen LogP contribution in [0, 0.1) is 13.8 Å². The largest absolute Gasteiger partial charge is 0.461 e. The van der Waals surface area contributed by atoms with E-state index >= 15 is 0 Å². The summed E-state index contributed by atoms with van der Waals surface area (Å²) in [6, 6.07) is 3.99. The standard InChI is InChI=1S/C16H16ClNO2/c1-8-5-10-12(7-16(18)3-4-16)14-11(6-9(2)19-14)13(17)15(10)20-8/h5-6H,3-4,7,18H2,1-2H3. The van der Waals surface area contributed by atoms with E-state index < -0.39 is 0 Å². The molecule has 0 aliphatic heterocycles. The van der Waals surface area contributed by atoms with Gasteiger partial charge >= 0.3 is 0 Å². The van der Waals surface area contributed by atoms with Crippen LogP contribution in [0.1, 0.15) is 29.9 Å². The van der Waals surface area contributed by atoms with Crippen LogP contribution in [-0.2, 0) is 6.42 Å². The van der Waals surface area contributed by atoms with Gasteiger partial charge < -0.3 is 14.6 Å². The van der Waals surface area contributed by atoms with Crippen molar-refractivity contribution >= 4 is 33.5 Å². The molecule has 2 heterocycles. The van der Waals surface area contributed by atoms with Crippen molar-refractivity contribution in [1.29, 1.82) is 0 Å². The number of fused-ring (bicyclic) bond motifs is 2. The first-order valence-corrected chi connectivity index (χ1v) is 7.24. The highest BCUT2D eigenvalue weighted by atomic mass is 35.5. The minimum absolute atomic E-state index is 0.0838. The fraction of sp³-hybridized carbons (Fsp3) is 0.375. The Kier molecular flexibility index (Phi) is 2.34. The summed E-state index contributed by atoms with van der Waals surface area (Å²) in [6.45, 7) is 3.87. The van der Waals surface area contributed by atoms with Crippen molar-refractivity contribution in [3.8, 4) is 0 Å². The molecule has 1 aliphatic rings. The van der Waals surface area contributed by atoms with Crippen molar-refractivity contribution in [3.05, 3.63) is 34.2 Å². The zero-order valence-corrected chi connectivity index (χ0v) is 12.3. The maximum Gasteiger partial charge on any atom is 0.154 e. The molecular weight excluding hydrogens is 274 g/mol. The van der Waals surface area contributed by atoms with Crippen molar-refractivity contribution in [2.45, 2.75) is 38.6 Å². The fourth-order valence-electron chi connectivity index (χ4n) is 2.91. The molecule has 0 bridgehead atoms. The third-order valence-electron chi connectivity index (χ3n) is 4.17. The maximum atomic E-state index is 6.47. The Balaban J connectivity index is 2.11. The van der Waals surface area contributed by atoms with Crippen LogP contribution in [0.25, 0.3) is 21.9 Å². The van der Waals surface area contributed by atoms with E-state index in [0.29, 0.717) is 5.02 Å². The summed E-state index contributed by atoms with van der Waals surface area (Å²) in [7, 11) is 0. The van der Waals surface area contributed by atoms with Gasteiger partial charge in [0.05, 0.1) is 5.02 Å². The van der Waals surface area contributed by atoms with Crippen LogP contribution in [-0.4, -0.2) is 5.54 Å². The van der Waals surface area contributed by atoms with Crippen LogP contribution in [0.5, 0.6) is 0 Å². The van der Waals surface area contributed by atoms with E-state index in [0.717, 1.165) is 58.3 Å². The van der Waals surface area contributed by atoms with Crippen molar-refractivity contribution in [2.75, 3.05) is 0 Å². The van der Waals surface area contributed by atoms with Crippen molar-refractivity contribution in [3.63, 3.8) is 0 Å². The summed E-state index contributed by atoms with van der Waals surface area (Å²) in [4.78, 5) is 0. The SMILES string of the molecule is Cc1cc2c(CC3(N)CC3)c3oc(C)cc3c(Cl)c2o1. The van der Waals surface area contributed by atoms with Gasteiger partial charge in [-0.05, 0) is 45.2 Å². The third-order valence-corrected chi connectivity index (χ3v) is 4.54. The van der Waals surface area contributed by atoms with Crippen molar-refractivity contribution in [2.24, 2.45) is 5.73 Å². The maximum absolute atomic E-state index is 6.47. The van der Waals surface area contributed by atoms with Crippen LogP contribution in [0.3, 0.4) is 0 Å². The van der Waals surface area contributed by atoms with E-state index in [1.807, 2.05) is 26.0 Å². The average molecular weight is 290 g/mol. The molecule has 4 rings (SSSR count). The minimum Gasteiger partial charge on any atom is -0.461 e. The molecule has 0 spiro atoms. The molecule has 3 nitrogen and oxygen atoms in total. The summed E-state index contributed by atoms with van der Waals surface area (Å²) in [6.07, 6.45) is 2.94. The number of furan rings is 2. The van der Waals surface area contributed by atoms with Gasteiger partial charge in [0.25, 0.3) is 0 Å². The minimum atomic E-state index is -0.0838. The van der Waals surface area contributed by atoms with Crippen molar-refractivity contribution < 1.29 is 8.83 Å². The summed E-state index contributed by atoms with van der Waals surface area (Å²) in [5.41, 5.74) is 8.96. The number of rotatable bonds is 2. The van der Waals surface area contributed by atoms with E-state index in [2.05, 4.69) is 0 Å². The normalized spacial score (nSPS) is 17.2. The van der Waals surface area contributed by atoms with E-state index in [9.17, 15) is 0 Å². The molecule has 1 saturated carbocycles. The monoisotopic (exact) mass is 289 g/mol. The number of hydrogen-bond donors (Lipinski definition) is 1. The molecular formula is C16H16ClNO2. The Morgan fingerprint density at radius 3 is 2.35 bits per heavy atom. The van der Waals surface area contributed by atoms with Gasteiger partial charge in [0.2, 0.25) is 0 Å². The van der Waals surface area contributed by atoms with E-state index in [-0.39, 0.29) is 5.54 Å². The molecule has 0 saturated heterocycles. The predicted octanol–water partition coefficient (Wildman–Crippen LogP) is 4.48. The molecule has 0 amide bonds. The summed E-state index contributed by atoms with van der Waals surface area (Å²) >= 11 is 6.47. The lowest BCUT2D eigenvalue weighted by Crippen LogP contribution is -2.24. The molecule has 2 aromatic heterocycles. The van der Waals surface area contributed by atoms with E-state index in [1.54, 1.807) is 0 Å². The number of aryl methyl sites for hydroxylation is 2. The lowest BCUT2D eigenvalue weighted by molar-refractivity contribution is 0.567. The smallest absolute Gasteiger partial charge is 0.154 e. The Labute approximate surface area is 121 Å². The molecule has 3 aromatic rings. The first kappa shape index (κ1) is 12.3. The number of halogens is 1. The van der Waals surface area contributed by atoms with Gasteiger partial charge in [-0.15, -0.1) is 0 Å². The quantitative estimate of drug-likeness (QED) is 0.756. The van der Waals surface area contributed by atoms with Gasteiger partial charge in [0.15, 0.2) is 5.58 Å². The molecule has 1 aromatic carbocycles. The van der Waals surface area contributed by atoms with Crippen LogP contribution >= 0.6 is 11.6 Å². The van der Waals surface area contributed by atoms with Gasteiger partial charge in [-0.2, -0.15) is 0 Å². The van der Waals surface area contributed by atoms with Gasteiger partial charge in [0, 0.05) is 21.9 Å². The first-order valence-electron chi connectivity index (χ1n) is 6.86. The molecule has 0 unspecified atom stereocenters. The molecule has 0 atom stereocenters. The molecule has 1 aliphatic carbocycles. The zero-order chi connectivity index (χ0) is 14.1. The Hall–Kier alpha value is -1.45. The van der Waals surface area contributed by atoms with Gasteiger partial charge in [-0.25, -0.2) is 0 Å². The number of nitrogens with two attached hydrogens (primary N) is 1. The summed E-state index contributed by atoms with van der Waals surface area (Å²) in [5, 5.41) is 2.59. The van der Waals surface area contributed by atoms with E-state index in [1.165, 1.54) is 0 Å². The zero-order valence-electron chi connectivity index (χ0n) is 11.5. The second-order valence-corrected chi connectivity index (χ2v) is 6.41. The topological polar surface area (TPSA) is 52.3 Å². The van der Waals surface area contributed by atoms with E-state index in [4.69, 9.17) is 26.2 Å². The Morgan fingerprint density at radius 1 is 1.10 bits per heavy atom. The molecule has 4 heteroatoms. The lowest BCUT2D eigenvalue weighted by Gasteiger charge is -2.11. The average Bonchev–Trinajstić information content (AvgIpc) is 2.82. The predicted molar refractivity (Wildman–Crippen MR) is 80.3 cm³/mol. The Bertz CT molecular complexity index is 782. The highest BCUT2D eigenvalue weighted by Gasteiger charge is 2.39. The van der Waals surface area contributed by atoms with Crippen LogP contribution < -0.4 is 5.73 Å². The summed E-state index contributed by atoms with van der Waals surface area (Å²) < 4.78 is 11.7. The second-order valence-electron chi connectivity index (χ2n) is 6.03. The van der Waals surface area contributed by atoms with Crippen LogP contribution in [0.4, 0.5) is 0 Å². The molecule has 1 fully saturated rings. The van der Waals surface area contributed by atoms with Crippen LogP contribution in [0.15, 0.2) is 21.0 Å². The first-order chi connectivity index (χ1) is 9.47. The Morgan fingerprint density at radius 2 is 1.70 bits per heavy atom. The lowest BCUT2D eigenvalue weighted by atomic mass is 9.99. The van der Waals surface area contributed by atoms with Gasteiger partial charge in [-0.1, -0.05) is 11.6 Å². The number of hydrogen-bond acceptors (Lipinski definition) is 3. The highest BCUT2D eigenvalue weighted by molar-refractivity contribution is 6.40. The second kappa shape index (κ2) is 3.80. The molecule has 20 heavy (non-hydrogen) atoms.